The molecule has 1 unspecified atom stereocenters. The van der Waals surface area contributed by atoms with E-state index in [0.717, 1.165) is 23.6 Å². The maximum atomic E-state index is 13.2. The van der Waals surface area contributed by atoms with Gasteiger partial charge in [-0.05, 0) is 18.2 Å². The number of methoxy groups -OCH3 is 1. The highest BCUT2D eigenvalue weighted by atomic mass is 16.5. The molecule has 1 aromatic carbocycles. The zero-order valence-corrected chi connectivity index (χ0v) is 18.1. The van der Waals surface area contributed by atoms with Crippen molar-refractivity contribution < 1.29 is 14.3 Å². The van der Waals surface area contributed by atoms with Gasteiger partial charge in [0.05, 0.1) is 31.7 Å². The van der Waals surface area contributed by atoms with Crippen LogP contribution in [0.5, 0.6) is 11.6 Å². The second-order valence-electron chi connectivity index (χ2n) is 7.63. The Morgan fingerprint density at radius 1 is 1.23 bits per heavy atom. The molecule has 4 rings (SSSR count). The summed E-state index contributed by atoms with van der Waals surface area (Å²) in [5.74, 6) is 1.83. The molecule has 9 heteroatoms. The van der Waals surface area contributed by atoms with Gasteiger partial charge in [0, 0.05) is 39.7 Å². The van der Waals surface area contributed by atoms with E-state index in [1.54, 1.807) is 42.2 Å². The fourth-order valence-electron chi connectivity index (χ4n) is 3.61. The number of hydrogen-bond donors (Lipinski definition) is 0. The zero-order valence-electron chi connectivity index (χ0n) is 18.1. The molecular formula is C22H26N6O3. The minimum Gasteiger partial charge on any atom is -0.496 e. The number of aryl methyl sites for hydroxylation is 1. The maximum absolute atomic E-state index is 13.2. The smallest absolute Gasteiger partial charge is 0.272 e. The predicted molar refractivity (Wildman–Crippen MR) is 116 cm³/mol. The summed E-state index contributed by atoms with van der Waals surface area (Å²) < 4.78 is 13.0. The predicted octanol–water partition coefficient (Wildman–Crippen LogP) is 2.25. The minimum absolute atomic E-state index is 0.0737. The Morgan fingerprint density at radius 3 is 2.81 bits per heavy atom. The minimum atomic E-state index is -0.127. The van der Waals surface area contributed by atoms with Crippen molar-refractivity contribution in [3.63, 3.8) is 0 Å². The summed E-state index contributed by atoms with van der Waals surface area (Å²) in [7, 11) is 7.20. The van der Waals surface area contributed by atoms with Gasteiger partial charge in [-0.1, -0.05) is 12.1 Å². The van der Waals surface area contributed by atoms with Crippen molar-refractivity contribution in [1.82, 2.24) is 24.6 Å². The van der Waals surface area contributed by atoms with Crippen LogP contribution in [0.1, 0.15) is 16.9 Å². The molecular weight excluding hydrogens is 396 g/mol. The Balaban J connectivity index is 1.46. The normalized spacial score (nSPS) is 15.7. The second kappa shape index (κ2) is 8.63. The first-order valence-electron chi connectivity index (χ1n) is 10.1. The first-order valence-corrected chi connectivity index (χ1v) is 10.1. The average Bonchev–Trinajstić information content (AvgIpc) is 3.40. The van der Waals surface area contributed by atoms with E-state index in [0.29, 0.717) is 30.4 Å². The zero-order chi connectivity index (χ0) is 22.0. The van der Waals surface area contributed by atoms with Crippen molar-refractivity contribution in [1.29, 1.82) is 0 Å². The molecule has 0 saturated carbocycles. The van der Waals surface area contributed by atoms with Gasteiger partial charge in [0.2, 0.25) is 5.88 Å². The van der Waals surface area contributed by atoms with Crippen molar-refractivity contribution in [2.24, 2.45) is 7.05 Å². The Bertz CT molecular complexity index is 1080. The van der Waals surface area contributed by atoms with Gasteiger partial charge >= 0.3 is 0 Å². The third-order valence-electron chi connectivity index (χ3n) is 5.26. The largest absolute Gasteiger partial charge is 0.496 e. The van der Waals surface area contributed by atoms with Gasteiger partial charge in [-0.3, -0.25) is 14.5 Å². The fraction of sp³-hybridized carbons (Fsp3) is 0.364. The van der Waals surface area contributed by atoms with E-state index in [9.17, 15) is 4.79 Å². The number of aromatic nitrogens is 4. The van der Waals surface area contributed by atoms with Crippen LogP contribution in [0.2, 0.25) is 0 Å². The van der Waals surface area contributed by atoms with Crippen LogP contribution in [0.15, 0.2) is 42.7 Å². The van der Waals surface area contributed by atoms with Gasteiger partial charge in [-0.2, -0.15) is 10.1 Å². The van der Waals surface area contributed by atoms with E-state index in [4.69, 9.17) is 9.47 Å². The van der Waals surface area contributed by atoms with Gasteiger partial charge in [0.15, 0.2) is 5.82 Å². The van der Waals surface area contributed by atoms with E-state index in [-0.39, 0.29) is 12.0 Å². The Morgan fingerprint density at radius 2 is 2.03 bits per heavy atom. The molecule has 0 spiro atoms. The summed E-state index contributed by atoms with van der Waals surface area (Å²) in [5, 5.41) is 4.53. The van der Waals surface area contributed by atoms with E-state index in [2.05, 4.69) is 15.1 Å². The summed E-state index contributed by atoms with van der Waals surface area (Å²) in [5.41, 5.74) is 2.07. The van der Waals surface area contributed by atoms with E-state index >= 15 is 0 Å². The lowest BCUT2D eigenvalue weighted by Gasteiger charge is -2.17. The van der Waals surface area contributed by atoms with Crippen molar-refractivity contribution in [2.75, 3.05) is 39.2 Å². The average molecular weight is 422 g/mol. The van der Waals surface area contributed by atoms with Crippen LogP contribution >= 0.6 is 0 Å². The molecule has 1 fully saturated rings. The van der Waals surface area contributed by atoms with Crippen molar-refractivity contribution in [3.05, 3.63) is 48.4 Å². The van der Waals surface area contributed by atoms with Gasteiger partial charge in [0.1, 0.15) is 17.5 Å². The number of nitrogens with zero attached hydrogens (tertiary/aromatic N) is 6. The molecule has 0 N–H and O–H groups in total. The Hall–Kier alpha value is -3.62. The lowest BCUT2D eigenvalue weighted by atomic mass is 10.1. The van der Waals surface area contributed by atoms with Gasteiger partial charge < -0.3 is 19.3 Å². The van der Waals surface area contributed by atoms with Crippen LogP contribution in [0, 0.1) is 0 Å². The number of amides is 1. The SMILES string of the molecule is COc1ccccc1-c1cc(C(=O)N2CCC(Oc3cncc(N(C)C)n3)C2)n(C)n1. The van der Waals surface area contributed by atoms with Gasteiger partial charge in [-0.25, -0.2) is 0 Å². The molecule has 0 aliphatic carbocycles. The van der Waals surface area contributed by atoms with Crippen molar-refractivity contribution in [3.8, 4) is 22.9 Å². The van der Waals surface area contributed by atoms with Gasteiger partial charge in [-0.15, -0.1) is 0 Å². The molecule has 31 heavy (non-hydrogen) atoms. The van der Waals surface area contributed by atoms with Crippen molar-refractivity contribution >= 4 is 11.7 Å². The molecule has 3 heterocycles. The van der Waals surface area contributed by atoms with E-state index < -0.39 is 0 Å². The summed E-state index contributed by atoms with van der Waals surface area (Å²) in [6.45, 7) is 1.10. The second-order valence-corrected chi connectivity index (χ2v) is 7.63. The number of carbonyl (C=O) groups excluding carboxylic acids is 1. The molecule has 0 radical (unpaired) electrons. The lowest BCUT2D eigenvalue weighted by molar-refractivity contribution is 0.0760. The number of carbonyl (C=O) groups is 1. The van der Waals surface area contributed by atoms with E-state index in [1.807, 2.05) is 43.3 Å². The highest BCUT2D eigenvalue weighted by molar-refractivity contribution is 5.94. The molecule has 3 aromatic rings. The lowest BCUT2D eigenvalue weighted by Crippen LogP contribution is -2.32. The van der Waals surface area contributed by atoms with Gasteiger partial charge in [0.25, 0.3) is 5.91 Å². The molecule has 1 amide bonds. The topological polar surface area (TPSA) is 85.6 Å². The maximum Gasteiger partial charge on any atom is 0.272 e. The highest BCUT2D eigenvalue weighted by Crippen LogP contribution is 2.29. The molecule has 1 aliphatic rings. The van der Waals surface area contributed by atoms with Crippen LogP contribution in [-0.2, 0) is 7.05 Å². The number of ether oxygens (including phenoxy) is 2. The molecule has 2 aromatic heterocycles. The van der Waals surface area contributed by atoms with Crippen LogP contribution in [0.3, 0.4) is 0 Å². The van der Waals surface area contributed by atoms with Crippen LogP contribution < -0.4 is 14.4 Å². The number of para-hydroxylation sites is 1. The first kappa shape index (κ1) is 20.6. The fourth-order valence-corrected chi connectivity index (χ4v) is 3.61. The summed E-state index contributed by atoms with van der Waals surface area (Å²) in [4.78, 5) is 25.4. The highest BCUT2D eigenvalue weighted by Gasteiger charge is 2.30. The van der Waals surface area contributed by atoms with Crippen molar-refractivity contribution in [2.45, 2.75) is 12.5 Å². The number of rotatable bonds is 6. The monoisotopic (exact) mass is 422 g/mol. The molecule has 0 bridgehead atoms. The van der Waals surface area contributed by atoms with Crippen LogP contribution in [-0.4, -0.2) is 71.0 Å². The molecule has 1 aliphatic heterocycles. The molecule has 162 valence electrons. The number of anilines is 1. The van der Waals surface area contributed by atoms with Crippen LogP contribution in [0.4, 0.5) is 5.82 Å². The Kier molecular flexibility index (Phi) is 5.75. The van der Waals surface area contributed by atoms with Crippen LogP contribution in [0.25, 0.3) is 11.3 Å². The number of hydrogen-bond acceptors (Lipinski definition) is 7. The third-order valence-corrected chi connectivity index (χ3v) is 5.26. The molecule has 1 atom stereocenters. The Labute approximate surface area is 181 Å². The number of likely N-dealkylation sites (tertiary alicyclic amines) is 1. The molecule has 1 saturated heterocycles. The molecule has 9 nitrogen and oxygen atoms in total. The summed E-state index contributed by atoms with van der Waals surface area (Å²) >= 11 is 0. The number of benzene rings is 1. The quantitative estimate of drug-likeness (QED) is 0.602. The standard InChI is InChI=1S/C22H26N6O3/c1-26(2)20-12-23-13-21(24-20)31-15-9-10-28(14-15)22(29)18-11-17(25-27(18)3)16-7-5-6-8-19(16)30-4/h5-8,11-13,15H,9-10,14H2,1-4H3. The summed E-state index contributed by atoms with van der Waals surface area (Å²) in [6.07, 6.45) is 3.88. The first-order chi connectivity index (χ1) is 15.0. The van der Waals surface area contributed by atoms with E-state index in [1.165, 1.54) is 0 Å². The third kappa shape index (κ3) is 4.30. The summed E-state index contributed by atoms with van der Waals surface area (Å²) in [6, 6.07) is 9.44.